The van der Waals surface area contributed by atoms with Gasteiger partial charge in [0.1, 0.15) is 0 Å². The third kappa shape index (κ3) is 5.18. The summed E-state index contributed by atoms with van der Waals surface area (Å²) in [5, 5.41) is 4.36. The van der Waals surface area contributed by atoms with Crippen LogP contribution in [0.4, 0.5) is 0 Å². The quantitative estimate of drug-likeness (QED) is 0.712. The zero-order valence-corrected chi connectivity index (χ0v) is 13.7. The van der Waals surface area contributed by atoms with E-state index in [2.05, 4.69) is 55.6 Å². The van der Waals surface area contributed by atoms with E-state index in [-0.39, 0.29) is 0 Å². The largest absolute Gasteiger partial charge is 0.316 e. The van der Waals surface area contributed by atoms with Crippen molar-refractivity contribution >= 4 is 11.6 Å². The predicted octanol–water partition coefficient (Wildman–Crippen LogP) is 4.97. The molecule has 0 spiro atoms. The lowest BCUT2D eigenvalue weighted by Crippen LogP contribution is -2.23. The Bertz CT molecular complexity index is 548. The molecule has 2 rings (SSSR count). The highest BCUT2D eigenvalue weighted by atomic mass is 35.5. The van der Waals surface area contributed by atoms with E-state index >= 15 is 0 Å². The fourth-order valence-corrected chi connectivity index (χ4v) is 2.73. The van der Waals surface area contributed by atoms with Gasteiger partial charge < -0.3 is 5.32 Å². The van der Waals surface area contributed by atoms with E-state index in [0.717, 1.165) is 31.0 Å². The molecular formula is C19H24ClN. The Morgan fingerprint density at radius 2 is 1.86 bits per heavy atom. The maximum atomic E-state index is 6.15. The van der Waals surface area contributed by atoms with Crippen LogP contribution in [0.15, 0.2) is 48.5 Å². The van der Waals surface area contributed by atoms with Crippen LogP contribution in [-0.2, 0) is 6.42 Å². The van der Waals surface area contributed by atoms with Crippen molar-refractivity contribution in [1.29, 1.82) is 0 Å². The molecule has 0 heterocycles. The highest BCUT2D eigenvalue weighted by molar-refractivity contribution is 6.30. The number of rotatable bonds is 7. The maximum absolute atomic E-state index is 6.15. The van der Waals surface area contributed by atoms with Crippen molar-refractivity contribution in [3.8, 4) is 0 Å². The van der Waals surface area contributed by atoms with Crippen molar-refractivity contribution in [2.75, 3.05) is 13.1 Å². The molecule has 0 saturated heterocycles. The first-order chi connectivity index (χ1) is 10.2. The topological polar surface area (TPSA) is 12.0 Å². The average Bonchev–Trinajstić information content (AvgIpc) is 2.48. The molecule has 0 saturated carbocycles. The summed E-state index contributed by atoms with van der Waals surface area (Å²) < 4.78 is 0. The Morgan fingerprint density at radius 3 is 2.52 bits per heavy atom. The number of hydrogen-bond acceptors (Lipinski definition) is 1. The molecule has 0 bridgehead atoms. The molecule has 0 amide bonds. The van der Waals surface area contributed by atoms with Gasteiger partial charge in [0.05, 0.1) is 0 Å². The number of halogens is 1. The van der Waals surface area contributed by atoms with Gasteiger partial charge in [-0.3, -0.25) is 0 Å². The summed E-state index contributed by atoms with van der Waals surface area (Å²) in [5.74, 6) is 0.456. The van der Waals surface area contributed by atoms with Crippen molar-refractivity contribution in [1.82, 2.24) is 5.32 Å². The second-order valence-corrected chi connectivity index (χ2v) is 6.08. The van der Waals surface area contributed by atoms with Gasteiger partial charge in [0.2, 0.25) is 0 Å². The van der Waals surface area contributed by atoms with Crippen LogP contribution in [-0.4, -0.2) is 13.1 Å². The van der Waals surface area contributed by atoms with E-state index in [4.69, 9.17) is 11.6 Å². The van der Waals surface area contributed by atoms with Gasteiger partial charge in [-0.05, 0) is 49.6 Å². The summed E-state index contributed by atoms with van der Waals surface area (Å²) in [5.41, 5.74) is 4.00. The molecule has 1 unspecified atom stereocenters. The molecule has 0 radical (unpaired) electrons. The molecule has 1 atom stereocenters. The lowest BCUT2D eigenvalue weighted by molar-refractivity contribution is 0.576. The highest BCUT2D eigenvalue weighted by Crippen LogP contribution is 2.23. The minimum Gasteiger partial charge on any atom is -0.316 e. The molecule has 21 heavy (non-hydrogen) atoms. The van der Waals surface area contributed by atoms with Gasteiger partial charge in [-0.25, -0.2) is 0 Å². The van der Waals surface area contributed by atoms with Crippen LogP contribution in [0.5, 0.6) is 0 Å². The van der Waals surface area contributed by atoms with Gasteiger partial charge in [-0.15, -0.1) is 0 Å². The van der Waals surface area contributed by atoms with Crippen LogP contribution in [0, 0.1) is 6.92 Å². The van der Waals surface area contributed by atoms with Gasteiger partial charge in [0.15, 0.2) is 0 Å². The monoisotopic (exact) mass is 301 g/mol. The normalized spacial score (nSPS) is 12.3. The van der Waals surface area contributed by atoms with Crippen molar-refractivity contribution in [3.63, 3.8) is 0 Å². The van der Waals surface area contributed by atoms with Crippen LogP contribution < -0.4 is 5.32 Å². The van der Waals surface area contributed by atoms with Crippen LogP contribution in [0.1, 0.15) is 36.0 Å². The van der Waals surface area contributed by atoms with E-state index in [1.54, 1.807) is 0 Å². The molecule has 0 aliphatic heterocycles. The zero-order chi connectivity index (χ0) is 15.1. The Balaban J connectivity index is 2.13. The molecular weight excluding hydrogens is 278 g/mol. The third-order valence-corrected chi connectivity index (χ3v) is 3.98. The van der Waals surface area contributed by atoms with Gasteiger partial charge in [-0.2, -0.15) is 0 Å². The van der Waals surface area contributed by atoms with E-state index in [9.17, 15) is 0 Å². The molecule has 2 heteroatoms. The molecule has 0 aliphatic carbocycles. The van der Waals surface area contributed by atoms with Crippen molar-refractivity contribution < 1.29 is 0 Å². The lowest BCUT2D eigenvalue weighted by atomic mass is 9.91. The van der Waals surface area contributed by atoms with E-state index in [0.29, 0.717) is 5.92 Å². The first kappa shape index (κ1) is 16.1. The van der Waals surface area contributed by atoms with Crippen molar-refractivity contribution in [2.24, 2.45) is 0 Å². The van der Waals surface area contributed by atoms with Gasteiger partial charge >= 0.3 is 0 Å². The number of nitrogens with one attached hydrogen (secondary N) is 1. The van der Waals surface area contributed by atoms with Crippen molar-refractivity contribution in [2.45, 2.75) is 32.6 Å². The number of hydrogen-bond donors (Lipinski definition) is 1. The number of benzene rings is 2. The second-order valence-electron chi connectivity index (χ2n) is 5.65. The summed E-state index contributed by atoms with van der Waals surface area (Å²) >= 11 is 6.15. The Labute approximate surface area is 133 Å². The highest BCUT2D eigenvalue weighted by Gasteiger charge is 2.12. The molecule has 0 aliphatic rings. The maximum Gasteiger partial charge on any atom is 0.0408 e. The van der Waals surface area contributed by atoms with Crippen LogP contribution in [0.25, 0.3) is 0 Å². The molecule has 0 aromatic heterocycles. The third-order valence-electron chi connectivity index (χ3n) is 3.74. The molecule has 0 fully saturated rings. The minimum atomic E-state index is 0.456. The van der Waals surface area contributed by atoms with E-state index in [1.807, 2.05) is 12.1 Å². The smallest absolute Gasteiger partial charge is 0.0408 e. The zero-order valence-electron chi connectivity index (χ0n) is 12.9. The average molecular weight is 302 g/mol. The summed E-state index contributed by atoms with van der Waals surface area (Å²) in [6.45, 7) is 6.37. The van der Waals surface area contributed by atoms with E-state index in [1.165, 1.54) is 16.7 Å². The van der Waals surface area contributed by atoms with E-state index < -0.39 is 0 Å². The minimum absolute atomic E-state index is 0.456. The summed E-state index contributed by atoms with van der Waals surface area (Å²) in [6, 6.07) is 17.1. The summed E-state index contributed by atoms with van der Waals surface area (Å²) in [6.07, 6.45) is 2.20. The van der Waals surface area contributed by atoms with Crippen LogP contribution >= 0.6 is 11.6 Å². The lowest BCUT2D eigenvalue weighted by Gasteiger charge is -2.19. The van der Waals surface area contributed by atoms with Gasteiger partial charge in [-0.1, -0.05) is 60.5 Å². The molecule has 2 aromatic carbocycles. The van der Waals surface area contributed by atoms with Gasteiger partial charge in [0, 0.05) is 17.5 Å². The summed E-state index contributed by atoms with van der Waals surface area (Å²) in [4.78, 5) is 0. The summed E-state index contributed by atoms with van der Waals surface area (Å²) in [7, 11) is 0. The Morgan fingerprint density at radius 1 is 1.10 bits per heavy atom. The fraction of sp³-hybridized carbons (Fsp3) is 0.368. The van der Waals surface area contributed by atoms with Crippen LogP contribution in [0.3, 0.4) is 0 Å². The fourth-order valence-electron chi connectivity index (χ4n) is 2.53. The molecule has 2 aromatic rings. The molecule has 1 N–H and O–H groups in total. The van der Waals surface area contributed by atoms with Crippen molar-refractivity contribution in [3.05, 3.63) is 70.2 Å². The first-order valence-electron chi connectivity index (χ1n) is 7.70. The molecule has 1 nitrogen and oxygen atoms in total. The molecule has 112 valence electrons. The predicted molar refractivity (Wildman–Crippen MR) is 92.2 cm³/mol. The standard InChI is InChI=1S/C19H24ClN/c1-3-11-21-14-18(17-5-4-6-19(20)13-17)12-16-9-7-15(2)8-10-16/h4-10,13,18,21H,3,11-12,14H2,1-2H3. The van der Waals surface area contributed by atoms with Crippen LogP contribution in [0.2, 0.25) is 5.02 Å². The Kier molecular flexibility index (Phi) is 6.28. The van der Waals surface area contributed by atoms with Gasteiger partial charge in [0.25, 0.3) is 0 Å². The SMILES string of the molecule is CCCNCC(Cc1ccc(C)cc1)c1cccc(Cl)c1. The number of aryl methyl sites for hydroxylation is 1. The second kappa shape index (κ2) is 8.21. The first-order valence-corrected chi connectivity index (χ1v) is 8.08. The Hall–Kier alpha value is -1.31.